The van der Waals surface area contributed by atoms with E-state index in [0.29, 0.717) is 17.4 Å². The van der Waals surface area contributed by atoms with Gasteiger partial charge in [0.25, 0.3) is 0 Å². The molecule has 1 aromatic carbocycles. The van der Waals surface area contributed by atoms with Crippen LogP contribution in [0.4, 0.5) is 5.69 Å². The largest absolute Gasteiger partial charge is 0.489 e. The molecule has 0 aliphatic heterocycles. The number of nitrogens with zero attached hydrogens (tertiary/aromatic N) is 1. The van der Waals surface area contributed by atoms with Gasteiger partial charge >= 0.3 is 0 Å². The van der Waals surface area contributed by atoms with E-state index in [2.05, 4.69) is 11.4 Å². The second kappa shape index (κ2) is 3.59. The molecule has 1 aliphatic rings. The first-order valence-corrected chi connectivity index (χ1v) is 4.72. The molecule has 1 fully saturated rings. The van der Waals surface area contributed by atoms with Gasteiger partial charge in [0.05, 0.1) is 11.8 Å². The molecule has 72 valence electrons. The molecule has 0 saturated heterocycles. The van der Waals surface area contributed by atoms with Crippen molar-refractivity contribution in [2.75, 3.05) is 12.4 Å². The van der Waals surface area contributed by atoms with Crippen LogP contribution in [0.2, 0.25) is 0 Å². The molecule has 0 radical (unpaired) electrons. The van der Waals surface area contributed by atoms with Crippen LogP contribution in [0.5, 0.6) is 5.75 Å². The summed E-state index contributed by atoms with van der Waals surface area (Å²) in [5, 5.41) is 12.0. The number of nitriles is 1. The van der Waals surface area contributed by atoms with Gasteiger partial charge in [-0.25, -0.2) is 0 Å². The number of benzene rings is 1. The summed E-state index contributed by atoms with van der Waals surface area (Å²) in [6.07, 6.45) is 2.54. The van der Waals surface area contributed by atoms with Crippen LogP contribution in [0.25, 0.3) is 0 Å². The summed E-state index contributed by atoms with van der Waals surface area (Å²) in [6.45, 7) is 0. The van der Waals surface area contributed by atoms with E-state index in [1.54, 1.807) is 7.05 Å². The minimum atomic E-state index is 0.328. The Balaban J connectivity index is 2.32. The molecular formula is C11H12N2O. The molecule has 0 atom stereocenters. The Morgan fingerprint density at radius 3 is 2.86 bits per heavy atom. The third-order valence-corrected chi connectivity index (χ3v) is 2.23. The quantitative estimate of drug-likeness (QED) is 0.790. The zero-order valence-electron chi connectivity index (χ0n) is 8.08. The average molecular weight is 188 g/mol. The van der Waals surface area contributed by atoms with Crippen molar-refractivity contribution in [2.45, 2.75) is 18.9 Å². The van der Waals surface area contributed by atoms with Gasteiger partial charge < -0.3 is 10.1 Å². The molecule has 0 aromatic heterocycles. The van der Waals surface area contributed by atoms with Crippen molar-refractivity contribution in [3.63, 3.8) is 0 Å². The number of hydrogen-bond donors (Lipinski definition) is 1. The zero-order valence-corrected chi connectivity index (χ0v) is 8.08. The first-order valence-electron chi connectivity index (χ1n) is 4.72. The van der Waals surface area contributed by atoms with Gasteiger partial charge in [0.15, 0.2) is 0 Å². The Hall–Kier alpha value is -1.69. The fourth-order valence-electron chi connectivity index (χ4n) is 1.32. The van der Waals surface area contributed by atoms with E-state index < -0.39 is 0 Å². The first kappa shape index (κ1) is 8.89. The number of nitrogens with one attached hydrogen (secondary N) is 1. The summed E-state index contributed by atoms with van der Waals surface area (Å²) in [7, 11) is 1.80. The second-order valence-corrected chi connectivity index (χ2v) is 3.36. The average Bonchev–Trinajstić information content (AvgIpc) is 3.01. The summed E-state index contributed by atoms with van der Waals surface area (Å²) < 4.78 is 5.63. The number of anilines is 1. The molecule has 0 amide bonds. The van der Waals surface area contributed by atoms with Crippen LogP contribution in [0.3, 0.4) is 0 Å². The van der Waals surface area contributed by atoms with Crippen LogP contribution in [0.15, 0.2) is 18.2 Å². The predicted octanol–water partition coefficient (Wildman–Crippen LogP) is 2.14. The van der Waals surface area contributed by atoms with Gasteiger partial charge in [-0.15, -0.1) is 0 Å². The van der Waals surface area contributed by atoms with Gasteiger partial charge in [-0.2, -0.15) is 5.26 Å². The lowest BCUT2D eigenvalue weighted by Crippen LogP contribution is -2.00. The Bertz CT molecular complexity index is 377. The van der Waals surface area contributed by atoms with Gasteiger partial charge in [-0.05, 0) is 25.0 Å². The van der Waals surface area contributed by atoms with E-state index >= 15 is 0 Å². The maximum Gasteiger partial charge on any atom is 0.139 e. The van der Waals surface area contributed by atoms with Gasteiger partial charge in [0.2, 0.25) is 0 Å². The minimum Gasteiger partial charge on any atom is -0.489 e. The summed E-state index contributed by atoms with van der Waals surface area (Å²) in [6, 6.07) is 7.77. The van der Waals surface area contributed by atoms with Crippen molar-refractivity contribution in [3.05, 3.63) is 23.8 Å². The Labute approximate surface area is 83.3 Å². The number of hydrogen-bond acceptors (Lipinski definition) is 3. The van der Waals surface area contributed by atoms with Crippen LogP contribution < -0.4 is 10.1 Å². The van der Waals surface area contributed by atoms with Gasteiger partial charge in [-0.1, -0.05) is 6.07 Å². The van der Waals surface area contributed by atoms with E-state index in [1.807, 2.05) is 18.2 Å². The minimum absolute atomic E-state index is 0.328. The van der Waals surface area contributed by atoms with Crippen molar-refractivity contribution in [1.82, 2.24) is 0 Å². The van der Waals surface area contributed by atoms with Gasteiger partial charge in [0, 0.05) is 7.05 Å². The molecule has 1 N–H and O–H groups in total. The standard InChI is InChI=1S/C11H12N2O/c1-13-10-3-2-4-11(9(10)7-12)14-8-5-6-8/h2-4,8,13H,5-6H2,1H3. The zero-order chi connectivity index (χ0) is 9.97. The van der Waals surface area contributed by atoms with Crippen molar-refractivity contribution < 1.29 is 4.74 Å². The highest BCUT2D eigenvalue weighted by Gasteiger charge is 2.24. The topological polar surface area (TPSA) is 45.0 Å². The molecule has 1 aromatic rings. The number of rotatable bonds is 3. The Morgan fingerprint density at radius 1 is 1.50 bits per heavy atom. The third kappa shape index (κ3) is 1.64. The highest BCUT2D eigenvalue weighted by Crippen LogP contribution is 2.31. The summed E-state index contributed by atoms with van der Waals surface area (Å²) >= 11 is 0. The SMILES string of the molecule is CNc1cccc(OC2CC2)c1C#N. The monoisotopic (exact) mass is 188 g/mol. The van der Waals surface area contributed by atoms with E-state index in [1.165, 1.54) is 0 Å². The maximum atomic E-state index is 8.99. The highest BCUT2D eigenvalue weighted by atomic mass is 16.5. The molecule has 2 rings (SSSR count). The molecule has 3 nitrogen and oxygen atoms in total. The van der Waals surface area contributed by atoms with Crippen molar-refractivity contribution in [2.24, 2.45) is 0 Å². The van der Waals surface area contributed by atoms with Crippen LogP contribution in [-0.4, -0.2) is 13.2 Å². The van der Waals surface area contributed by atoms with Crippen LogP contribution >= 0.6 is 0 Å². The Morgan fingerprint density at radius 2 is 2.29 bits per heavy atom. The summed E-state index contributed by atoms with van der Waals surface area (Å²) in [5.74, 6) is 0.696. The smallest absolute Gasteiger partial charge is 0.139 e. The van der Waals surface area contributed by atoms with E-state index in [4.69, 9.17) is 10.00 Å². The van der Waals surface area contributed by atoms with Gasteiger partial charge in [0.1, 0.15) is 17.4 Å². The lowest BCUT2D eigenvalue weighted by Gasteiger charge is -2.09. The lowest BCUT2D eigenvalue weighted by molar-refractivity contribution is 0.302. The van der Waals surface area contributed by atoms with Gasteiger partial charge in [-0.3, -0.25) is 0 Å². The summed E-state index contributed by atoms with van der Waals surface area (Å²) in [4.78, 5) is 0. The molecule has 0 unspecified atom stereocenters. The Kier molecular flexibility index (Phi) is 2.28. The van der Waals surface area contributed by atoms with Crippen LogP contribution in [0, 0.1) is 11.3 Å². The van der Waals surface area contributed by atoms with Crippen LogP contribution in [0.1, 0.15) is 18.4 Å². The van der Waals surface area contributed by atoms with Crippen molar-refractivity contribution in [1.29, 1.82) is 5.26 Å². The summed E-state index contributed by atoms with van der Waals surface area (Å²) in [5.41, 5.74) is 1.42. The number of ether oxygens (including phenoxy) is 1. The van der Waals surface area contributed by atoms with E-state index in [-0.39, 0.29) is 0 Å². The van der Waals surface area contributed by atoms with Crippen LogP contribution in [-0.2, 0) is 0 Å². The molecular weight excluding hydrogens is 176 g/mol. The first-order chi connectivity index (χ1) is 6.85. The van der Waals surface area contributed by atoms with Crippen molar-refractivity contribution in [3.8, 4) is 11.8 Å². The maximum absolute atomic E-state index is 8.99. The molecule has 0 heterocycles. The lowest BCUT2D eigenvalue weighted by atomic mass is 10.2. The fourth-order valence-corrected chi connectivity index (χ4v) is 1.32. The normalized spacial score (nSPS) is 14.6. The molecule has 14 heavy (non-hydrogen) atoms. The predicted molar refractivity (Wildman–Crippen MR) is 54.4 cm³/mol. The van der Waals surface area contributed by atoms with E-state index in [0.717, 1.165) is 18.5 Å². The van der Waals surface area contributed by atoms with Crippen molar-refractivity contribution >= 4 is 5.69 Å². The fraction of sp³-hybridized carbons (Fsp3) is 0.364. The van der Waals surface area contributed by atoms with E-state index in [9.17, 15) is 0 Å². The molecule has 0 spiro atoms. The molecule has 3 heteroatoms. The second-order valence-electron chi connectivity index (χ2n) is 3.36. The third-order valence-electron chi connectivity index (χ3n) is 2.23. The molecule has 1 aliphatic carbocycles. The molecule has 0 bridgehead atoms. The molecule has 1 saturated carbocycles. The highest BCUT2D eigenvalue weighted by molar-refractivity contribution is 5.63.